The minimum atomic E-state index is -0.493. The van der Waals surface area contributed by atoms with Gasteiger partial charge in [0.1, 0.15) is 0 Å². The molecule has 1 radical (unpaired) electrons. The van der Waals surface area contributed by atoms with Crippen LogP contribution in [0.3, 0.4) is 0 Å². The number of hydrogen-bond donors (Lipinski definition) is 1. The first-order chi connectivity index (χ1) is 5.22. The largest absolute Gasteiger partial charge is 0.318 e. The molecule has 2 heteroatoms. The van der Waals surface area contributed by atoms with Crippen molar-refractivity contribution in [2.45, 2.75) is 13.0 Å². The van der Waals surface area contributed by atoms with Gasteiger partial charge in [0.05, 0.1) is 6.04 Å². The number of rotatable bonds is 2. The smallest absolute Gasteiger partial charge is 0.150 e. The van der Waals surface area contributed by atoms with Crippen LogP contribution in [0.2, 0.25) is 0 Å². The molecule has 1 aromatic carbocycles. The quantitative estimate of drug-likeness (QED) is 0.681. The maximum Gasteiger partial charge on any atom is 0.150 e. The summed E-state index contributed by atoms with van der Waals surface area (Å²) >= 11 is 0. The summed E-state index contributed by atoms with van der Waals surface area (Å²) in [7, 11) is 0. The summed E-state index contributed by atoms with van der Waals surface area (Å²) in [5, 5.41) is 0. The fourth-order valence-electron chi connectivity index (χ4n) is 0.835. The van der Waals surface area contributed by atoms with Gasteiger partial charge >= 0.3 is 0 Å². The molecule has 0 spiro atoms. The number of Topliss-reactive ketones (excluding diaryl/α,β-unsaturated/α-hetero) is 1. The van der Waals surface area contributed by atoms with E-state index in [0.717, 1.165) is 5.56 Å². The lowest BCUT2D eigenvalue weighted by molar-refractivity contribution is -0.118. The van der Waals surface area contributed by atoms with Crippen LogP contribution in [0, 0.1) is 6.07 Å². The molecule has 0 aromatic heterocycles. The maximum atomic E-state index is 10.8. The molecule has 0 saturated heterocycles. The Balaban J connectivity index is 2.85. The van der Waals surface area contributed by atoms with Crippen molar-refractivity contribution in [1.82, 2.24) is 0 Å². The highest BCUT2D eigenvalue weighted by Crippen LogP contribution is 2.08. The molecule has 1 rings (SSSR count). The molecule has 0 aliphatic heterocycles. The lowest BCUT2D eigenvalue weighted by Gasteiger charge is -2.05. The van der Waals surface area contributed by atoms with Crippen LogP contribution >= 0.6 is 0 Å². The van der Waals surface area contributed by atoms with Crippen molar-refractivity contribution < 1.29 is 4.79 Å². The topological polar surface area (TPSA) is 43.1 Å². The van der Waals surface area contributed by atoms with Crippen LogP contribution in [0.1, 0.15) is 18.5 Å². The van der Waals surface area contributed by atoms with E-state index in [1.807, 2.05) is 12.1 Å². The third-order valence-electron chi connectivity index (χ3n) is 1.53. The molecular weight excluding hydrogens is 138 g/mol. The van der Waals surface area contributed by atoms with E-state index in [9.17, 15) is 4.79 Å². The van der Waals surface area contributed by atoms with E-state index in [1.165, 1.54) is 6.92 Å². The highest BCUT2D eigenvalue weighted by atomic mass is 16.1. The van der Waals surface area contributed by atoms with Gasteiger partial charge in [-0.2, -0.15) is 0 Å². The molecule has 1 atom stereocenters. The molecule has 2 nitrogen and oxygen atoms in total. The third kappa shape index (κ3) is 1.88. The van der Waals surface area contributed by atoms with Crippen molar-refractivity contribution in [3.05, 3.63) is 35.9 Å². The molecule has 0 heterocycles. The first-order valence-electron chi connectivity index (χ1n) is 3.44. The molecular formula is C9H10NO. The van der Waals surface area contributed by atoms with Gasteiger partial charge in [0.25, 0.3) is 0 Å². The highest BCUT2D eigenvalue weighted by molar-refractivity contribution is 5.82. The van der Waals surface area contributed by atoms with Crippen molar-refractivity contribution in [3.63, 3.8) is 0 Å². The second kappa shape index (κ2) is 3.30. The van der Waals surface area contributed by atoms with Crippen LogP contribution in [0.25, 0.3) is 0 Å². The molecule has 2 N–H and O–H groups in total. The second-order valence-corrected chi connectivity index (χ2v) is 2.43. The second-order valence-electron chi connectivity index (χ2n) is 2.43. The number of carbonyl (C=O) groups is 1. The van der Waals surface area contributed by atoms with E-state index in [4.69, 9.17) is 5.73 Å². The zero-order chi connectivity index (χ0) is 8.27. The molecule has 0 aliphatic rings. The zero-order valence-corrected chi connectivity index (χ0v) is 6.37. The summed E-state index contributed by atoms with van der Waals surface area (Å²) in [5.74, 6) is -0.0235. The van der Waals surface area contributed by atoms with E-state index < -0.39 is 6.04 Å². The minimum Gasteiger partial charge on any atom is -0.318 e. The Bertz CT molecular complexity index is 243. The Morgan fingerprint density at radius 3 is 2.91 bits per heavy atom. The van der Waals surface area contributed by atoms with Gasteiger partial charge in [-0.05, 0) is 24.6 Å². The lowest BCUT2D eigenvalue weighted by Crippen LogP contribution is -2.18. The van der Waals surface area contributed by atoms with Gasteiger partial charge in [-0.25, -0.2) is 0 Å². The number of benzene rings is 1. The minimum absolute atomic E-state index is 0.0235. The predicted molar refractivity (Wildman–Crippen MR) is 42.9 cm³/mol. The van der Waals surface area contributed by atoms with Gasteiger partial charge in [-0.1, -0.05) is 18.2 Å². The van der Waals surface area contributed by atoms with Crippen LogP contribution in [0.4, 0.5) is 0 Å². The summed E-state index contributed by atoms with van der Waals surface area (Å²) in [6.07, 6.45) is 0. The van der Waals surface area contributed by atoms with Gasteiger partial charge in [-0.3, -0.25) is 4.79 Å². The van der Waals surface area contributed by atoms with Crippen LogP contribution in [-0.2, 0) is 4.79 Å². The van der Waals surface area contributed by atoms with Crippen LogP contribution in [0.15, 0.2) is 24.3 Å². The van der Waals surface area contributed by atoms with E-state index >= 15 is 0 Å². The Morgan fingerprint density at radius 2 is 2.45 bits per heavy atom. The van der Waals surface area contributed by atoms with Crippen LogP contribution in [0.5, 0.6) is 0 Å². The van der Waals surface area contributed by atoms with Gasteiger partial charge in [0.2, 0.25) is 0 Å². The summed E-state index contributed by atoms with van der Waals surface area (Å²) in [6.45, 7) is 1.48. The maximum absolute atomic E-state index is 10.8. The SMILES string of the molecule is CC(=O)C(N)c1c[c]ccc1. The molecule has 0 saturated carbocycles. The van der Waals surface area contributed by atoms with E-state index in [1.54, 1.807) is 12.1 Å². The number of ketones is 1. The first-order valence-corrected chi connectivity index (χ1v) is 3.44. The summed E-state index contributed by atoms with van der Waals surface area (Å²) in [5.41, 5.74) is 6.39. The molecule has 1 aromatic rings. The number of carbonyl (C=O) groups excluding carboxylic acids is 1. The van der Waals surface area contributed by atoms with Crippen molar-refractivity contribution in [2.24, 2.45) is 5.73 Å². The third-order valence-corrected chi connectivity index (χ3v) is 1.53. The fourth-order valence-corrected chi connectivity index (χ4v) is 0.835. The molecule has 0 bridgehead atoms. The average molecular weight is 148 g/mol. The van der Waals surface area contributed by atoms with Gasteiger partial charge in [-0.15, -0.1) is 0 Å². The Labute approximate surface area is 66.0 Å². The fraction of sp³-hybridized carbons (Fsp3) is 0.222. The summed E-state index contributed by atoms with van der Waals surface area (Å²) in [4.78, 5) is 10.8. The predicted octanol–water partition coefficient (Wildman–Crippen LogP) is 1.08. The van der Waals surface area contributed by atoms with Gasteiger partial charge < -0.3 is 5.73 Å². The molecule has 11 heavy (non-hydrogen) atoms. The van der Waals surface area contributed by atoms with Crippen molar-refractivity contribution in [2.75, 3.05) is 0 Å². The molecule has 0 aliphatic carbocycles. The van der Waals surface area contributed by atoms with E-state index in [0.29, 0.717) is 0 Å². The van der Waals surface area contributed by atoms with Crippen LogP contribution < -0.4 is 5.73 Å². The van der Waals surface area contributed by atoms with Crippen molar-refractivity contribution in [1.29, 1.82) is 0 Å². The number of nitrogens with two attached hydrogens (primary N) is 1. The van der Waals surface area contributed by atoms with Gasteiger partial charge in [0, 0.05) is 0 Å². The average Bonchev–Trinajstić information content (AvgIpc) is 2.05. The first kappa shape index (κ1) is 7.95. The normalized spacial score (nSPS) is 12.5. The zero-order valence-electron chi connectivity index (χ0n) is 6.37. The Morgan fingerprint density at radius 1 is 1.73 bits per heavy atom. The van der Waals surface area contributed by atoms with Crippen molar-refractivity contribution in [3.8, 4) is 0 Å². The standard InChI is InChI=1S/C9H10NO/c1-7(11)9(10)8-5-3-2-4-6-8/h2-3,5-6,9H,10H2,1H3. The highest BCUT2D eigenvalue weighted by Gasteiger charge is 2.08. The molecule has 0 amide bonds. The monoisotopic (exact) mass is 148 g/mol. The Hall–Kier alpha value is -1.15. The summed E-state index contributed by atoms with van der Waals surface area (Å²) in [6, 6.07) is 9.51. The lowest BCUT2D eigenvalue weighted by atomic mass is 10.1. The van der Waals surface area contributed by atoms with Gasteiger partial charge in [0.15, 0.2) is 5.78 Å². The van der Waals surface area contributed by atoms with E-state index in [-0.39, 0.29) is 5.78 Å². The molecule has 1 unspecified atom stereocenters. The van der Waals surface area contributed by atoms with E-state index in [2.05, 4.69) is 6.07 Å². The van der Waals surface area contributed by atoms with Crippen molar-refractivity contribution >= 4 is 5.78 Å². The molecule has 57 valence electrons. The summed E-state index contributed by atoms with van der Waals surface area (Å²) < 4.78 is 0. The van der Waals surface area contributed by atoms with Crippen LogP contribution in [-0.4, -0.2) is 5.78 Å². The molecule has 0 fully saturated rings. The number of hydrogen-bond acceptors (Lipinski definition) is 2. The Kier molecular flexibility index (Phi) is 2.39.